The van der Waals surface area contributed by atoms with E-state index < -0.39 is 0 Å². The molecule has 3 saturated heterocycles. The lowest BCUT2D eigenvalue weighted by molar-refractivity contribution is 0.0628. The Hall–Kier alpha value is -1.66. The zero-order chi connectivity index (χ0) is 20.7. The number of amides is 1. The molecule has 5 rings (SSSR count). The van der Waals surface area contributed by atoms with Crippen LogP contribution >= 0.6 is 24.8 Å². The van der Waals surface area contributed by atoms with Gasteiger partial charge in [0.2, 0.25) is 0 Å². The number of benzene rings is 1. The first-order valence-corrected chi connectivity index (χ1v) is 11.3. The molecule has 5 nitrogen and oxygen atoms in total. The maximum atomic E-state index is 12.7. The quantitative estimate of drug-likeness (QED) is 0.668. The minimum Gasteiger partial charge on any atom is -0.339 e. The van der Waals surface area contributed by atoms with Crippen molar-refractivity contribution in [2.75, 3.05) is 39.8 Å². The Morgan fingerprint density at radius 1 is 0.969 bits per heavy atom. The van der Waals surface area contributed by atoms with E-state index in [-0.39, 0.29) is 30.7 Å². The maximum absolute atomic E-state index is 12.7. The fourth-order valence-electron chi connectivity index (χ4n) is 6.09. The van der Waals surface area contributed by atoms with Gasteiger partial charge in [0, 0.05) is 62.8 Å². The molecular weight excluding hydrogens is 443 g/mol. The molecule has 0 spiro atoms. The first-order chi connectivity index (χ1) is 14.6. The summed E-state index contributed by atoms with van der Waals surface area (Å²) in [6, 6.07) is 13.7. The average molecular weight is 477 g/mol. The smallest absolute Gasteiger partial charge is 0.253 e. The van der Waals surface area contributed by atoms with Crippen LogP contribution in [0.1, 0.15) is 40.4 Å². The molecule has 1 aromatic heterocycles. The molecule has 3 aliphatic heterocycles. The Bertz CT molecular complexity index is 904. The summed E-state index contributed by atoms with van der Waals surface area (Å²) in [4.78, 5) is 24.1. The van der Waals surface area contributed by atoms with E-state index in [0.29, 0.717) is 18.0 Å². The van der Waals surface area contributed by atoms with E-state index in [4.69, 9.17) is 0 Å². The molecule has 7 heteroatoms. The van der Waals surface area contributed by atoms with E-state index >= 15 is 0 Å². The Labute approximate surface area is 204 Å². The van der Waals surface area contributed by atoms with Crippen LogP contribution in [0.25, 0.3) is 0 Å². The van der Waals surface area contributed by atoms with Gasteiger partial charge in [0.05, 0.1) is 0 Å². The van der Waals surface area contributed by atoms with Gasteiger partial charge in [0.15, 0.2) is 0 Å². The zero-order valence-electron chi connectivity index (χ0n) is 18.9. The van der Waals surface area contributed by atoms with Crippen LogP contribution in [-0.4, -0.2) is 71.4 Å². The molecule has 0 bridgehead atoms. The highest BCUT2D eigenvalue weighted by Crippen LogP contribution is 2.45. The summed E-state index contributed by atoms with van der Waals surface area (Å²) < 4.78 is 0. The Morgan fingerprint density at radius 2 is 1.66 bits per heavy atom. The molecule has 1 aromatic carbocycles. The molecule has 0 N–H and O–H groups in total. The van der Waals surface area contributed by atoms with Gasteiger partial charge in [-0.05, 0) is 61.9 Å². The molecule has 4 heterocycles. The second-order valence-corrected chi connectivity index (χ2v) is 9.38. The fraction of sp³-hybridized carbons (Fsp3) is 0.520. The normalized spacial score (nSPS) is 26.3. The highest BCUT2D eigenvalue weighted by molar-refractivity contribution is 5.94. The number of rotatable bonds is 3. The van der Waals surface area contributed by atoms with Crippen molar-refractivity contribution < 1.29 is 4.79 Å². The minimum atomic E-state index is 0. The van der Waals surface area contributed by atoms with Gasteiger partial charge >= 0.3 is 0 Å². The van der Waals surface area contributed by atoms with Crippen LogP contribution < -0.4 is 0 Å². The van der Waals surface area contributed by atoms with Crippen LogP contribution in [-0.2, 0) is 0 Å². The summed E-state index contributed by atoms with van der Waals surface area (Å²) in [7, 11) is 2.29. The van der Waals surface area contributed by atoms with E-state index in [1.54, 1.807) is 12.4 Å². The van der Waals surface area contributed by atoms with Crippen molar-refractivity contribution in [2.45, 2.75) is 31.8 Å². The maximum Gasteiger partial charge on any atom is 0.253 e. The third-order valence-corrected chi connectivity index (χ3v) is 7.63. The van der Waals surface area contributed by atoms with E-state index in [0.717, 1.165) is 37.4 Å². The number of hydrogen-bond donors (Lipinski definition) is 0. The molecule has 0 radical (unpaired) electrons. The number of nitrogens with zero attached hydrogens (tertiary/aromatic N) is 4. The summed E-state index contributed by atoms with van der Waals surface area (Å²) in [6.07, 6.45) is 5.57. The van der Waals surface area contributed by atoms with Gasteiger partial charge in [-0.15, -0.1) is 24.8 Å². The first-order valence-electron chi connectivity index (χ1n) is 11.3. The number of halogens is 2. The molecular formula is C25H34Cl2N4O. The number of piperidine rings is 1. The predicted octanol–water partition coefficient (Wildman–Crippen LogP) is 4.07. The number of carbonyl (C=O) groups excluding carboxylic acids is 1. The molecule has 2 aromatic rings. The van der Waals surface area contributed by atoms with Gasteiger partial charge in [0.1, 0.15) is 0 Å². The van der Waals surface area contributed by atoms with Gasteiger partial charge in [-0.25, -0.2) is 0 Å². The fourth-order valence-corrected chi connectivity index (χ4v) is 6.09. The Balaban J connectivity index is 0.00000144. The predicted molar refractivity (Wildman–Crippen MR) is 133 cm³/mol. The second-order valence-electron chi connectivity index (χ2n) is 9.38. The SMILES string of the molecule is Cc1ccccc1[C@@H]1[C@@H]2CN(C3CCN(C(=O)c4ccncc4)CC3)C[C@@H]2CN1C.Cl.Cl. The minimum absolute atomic E-state index is 0. The van der Waals surface area contributed by atoms with E-state index in [2.05, 4.69) is 53.0 Å². The summed E-state index contributed by atoms with van der Waals surface area (Å²) >= 11 is 0. The molecule has 0 saturated carbocycles. The molecule has 3 atom stereocenters. The van der Waals surface area contributed by atoms with Gasteiger partial charge < -0.3 is 4.90 Å². The van der Waals surface area contributed by atoms with Crippen molar-refractivity contribution >= 4 is 30.7 Å². The number of aromatic nitrogens is 1. The number of aryl methyl sites for hydroxylation is 1. The monoisotopic (exact) mass is 476 g/mol. The van der Waals surface area contributed by atoms with Crippen LogP contribution in [0.4, 0.5) is 0 Å². The first kappa shape index (κ1) is 25.0. The largest absolute Gasteiger partial charge is 0.339 e. The number of carbonyl (C=O) groups is 1. The summed E-state index contributed by atoms with van der Waals surface area (Å²) in [5.41, 5.74) is 3.67. The van der Waals surface area contributed by atoms with Crippen molar-refractivity contribution in [3.63, 3.8) is 0 Å². The van der Waals surface area contributed by atoms with Gasteiger partial charge in [-0.2, -0.15) is 0 Å². The molecule has 0 aliphatic carbocycles. The summed E-state index contributed by atoms with van der Waals surface area (Å²) in [5.74, 6) is 1.62. The summed E-state index contributed by atoms with van der Waals surface area (Å²) in [6.45, 7) is 7.56. The third-order valence-electron chi connectivity index (χ3n) is 7.63. The number of fused-ring (bicyclic) bond motifs is 1. The van der Waals surface area contributed by atoms with Crippen molar-refractivity contribution in [1.82, 2.24) is 19.7 Å². The second kappa shape index (κ2) is 10.5. The lowest BCUT2D eigenvalue weighted by Crippen LogP contribution is -2.46. The number of likely N-dealkylation sites (tertiary alicyclic amines) is 3. The molecule has 0 unspecified atom stereocenters. The van der Waals surface area contributed by atoms with Gasteiger partial charge in [-0.3, -0.25) is 19.6 Å². The summed E-state index contributed by atoms with van der Waals surface area (Å²) in [5, 5.41) is 0. The molecule has 3 aliphatic rings. The third kappa shape index (κ3) is 4.67. The Morgan fingerprint density at radius 3 is 2.34 bits per heavy atom. The van der Waals surface area contributed by atoms with E-state index in [1.165, 1.54) is 30.8 Å². The van der Waals surface area contributed by atoms with Gasteiger partial charge in [0.25, 0.3) is 5.91 Å². The zero-order valence-corrected chi connectivity index (χ0v) is 20.5. The topological polar surface area (TPSA) is 39.7 Å². The van der Waals surface area contributed by atoms with Crippen molar-refractivity contribution in [1.29, 1.82) is 0 Å². The highest BCUT2D eigenvalue weighted by atomic mass is 35.5. The van der Waals surface area contributed by atoms with Gasteiger partial charge in [-0.1, -0.05) is 24.3 Å². The molecule has 1 amide bonds. The lowest BCUT2D eigenvalue weighted by Gasteiger charge is -2.38. The van der Waals surface area contributed by atoms with Crippen LogP contribution in [0.5, 0.6) is 0 Å². The Kier molecular flexibility index (Phi) is 8.21. The molecule has 3 fully saturated rings. The van der Waals surface area contributed by atoms with Crippen molar-refractivity contribution in [2.24, 2.45) is 11.8 Å². The highest BCUT2D eigenvalue weighted by Gasteiger charge is 2.47. The van der Waals surface area contributed by atoms with E-state index in [1.807, 2.05) is 17.0 Å². The average Bonchev–Trinajstić information content (AvgIpc) is 3.31. The van der Waals surface area contributed by atoms with E-state index in [9.17, 15) is 4.79 Å². The number of pyridine rings is 1. The van der Waals surface area contributed by atoms with Crippen molar-refractivity contribution in [3.05, 3.63) is 65.5 Å². The van der Waals surface area contributed by atoms with Crippen LogP contribution in [0.3, 0.4) is 0 Å². The van der Waals surface area contributed by atoms with Crippen molar-refractivity contribution in [3.8, 4) is 0 Å². The van der Waals surface area contributed by atoms with Crippen LogP contribution in [0, 0.1) is 18.8 Å². The number of hydrogen-bond acceptors (Lipinski definition) is 4. The lowest BCUT2D eigenvalue weighted by atomic mass is 9.88. The van der Waals surface area contributed by atoms with Crippen LogP contribution in [0.15, 0.2) is 48.8 Å². The molecule has 174 valence electrons. The van der Waals surface area contributed by atoms with Crippen LogP contribution in [0.2, 0.25) is 0 Å². The standard InChI is InChI=1S/C25H32N4O.2ClH/c1-18-5-3-4-6-22(18)24-23-17-29(16-20(23)15-27(24)2)21-9-13-28(14-10-21)25(30)19-7-11-26-12-8-19;;/h3-8,11-12,20-21,23-24H,9-10,13-17H2,1-2H3;2*1H/t20-,23+,24+;;/m0../s1. The molecule has 32 heavy (non-hydrogen) atoms.